The van der Waals surface area contributed by atoms with Gasteiger partial charge in [0, 0.05) is 12.2 Å². The summed E-state index contributed by atoms with van der Waals surface area (Å²) in [5, 5.41) is 0. The van der Waals surface area contributed by atoms with Gasteiger partial charge in [0.05, 0.1) is 13.2 Å². The van der Waals surface area contributed by atoms with Crippen molar-refractivity contribution in [2.24, 2.45) is 11.7 Å². The smallest absolute Gasteiger partial charge is 0.120 e. The Morgan fingerprint density at radius 1 is 1.20 bits per heavy atom. The fraction of sp³-hybridized carbons (Fsp3) is 0.529. The lowest BCUT2D eigenvalue weighted by Crippen LogP contribution is -2.15. The van der Waals surface area contributed by atoms with Crippen molar-refractivity contribution in [2.45, 2.75) is 25.7 Å². The van der Waals surface area contributed by atoms with E-state index >= 15 is 0 Å². The first-order valence-electron chi connectivity index (χ1n) is 7.38. The molecule has 1 aromatic carbocycles. The fourth-order valence-electron chi connectivity index (χ4n) is 2.17. The van der Waals surface area contributed by atoms with E-state index in [0.717, 1.165) is 23.8 Å². The molecule has 108 valence electrons. The summed E-state index contributed by atoms with van der Waals surface area (Å²) in [7, 11) is 0. The van der Waals surface area contributed by atoms with E-state index in [1.165, 1.54) is 25.7 Å². The summed E-state index contributed by atoms with van der Waals surface area (Å²) in [6.45, 7) is 2.46. The maximum absolute atomic E-state index is 5.65. The molecule has 0 heterocycles. The molecular weight excluding hydrogens is 250 g/mol. The van der Waals surface area contributed by atoms with Gasteiger partial charge in [-0.25, -0.2) is 0 Å². The van der Waals surface area contributed by atoms with Gasteiger partial charge in [0.1, 0.15) is 12.4 Å². The van der Waals surface area contributed by atoms with Crippen molar-refractivity contribution >= 4 is 0 Å². The van der Waals surface area contributed by atoms with Crippen molar-refractivity contribution in [3.63, 3.8) is 0 Å². The van der Waals surface area contributed by atoms with E-state index in [2.05, 4.69) is 11.8 Å². The van der Waals surface area contributed by atoms with Gasteiger partial charge in [-0.05, 0) is 30.5 Å². The van der Waals surface area contributed by atoms with Gasteiger partial charge in [0.15, 0.2) is 0 Å². The summed E-state index contributed by atoms with van der Waals surface area (Å²) >= 11 is 0. The third-order valence-electron chi connectivity index (χ3n) is 3.56. The number of benzene rings is 1. The van der Waals surface area contributed by atoms with Crippen LogP contribution in [-0.4, -0.2) is 26.4 Å². The van der Waals surface area contributed by atoms with Crippen LogP contribution in [0.15, 0.2) is 24.3 Å². The minimum Gasteiger partial charge on any atom is -0.491 e. The Bertz CT molecular complexity index is 458. The van der Waals surface area contributed by atoms with Gasteiger partial charge in [0.25, 0.3) is 0 Å². The van der Waals surface area contributed by atoms with Crippen LogP contribution in [0.25, 0.3) is 0 Å². The third kappa shape index (κ3) is 5.24. The molecule has 2 rings (SSSR count). The lowest BCUT2D eigenvalue weighted by atomic mass is 9.83. The Hall–Kier alpha value is -1.50. The first-order valence-corrected chi connectivity index (χ1v) is 7.38. The highest BCUT2D eigenvalue weighted by molar-refractivity contribution is 5.39. The molecule has 1 aliphatic carbocycles. The number of ether oxygens (including phenoxy) is 2. The van der Waals surface area contributed by atoms with Crippen LogP contribution in [0.1, 0.15) is 31.2 Å². The van der Waals surface area contributed by atoms with E-state index in [1.54, 1.807) is 0 Å². The predicted octanol–water partition coefficient (Wildman–Crippen LogP) is 2.58. The zero-order valence-corrected chi connectivity index (χ0v) is 11.9. The molecule has 0 aromatic heterocycles. The average molecular weight is 273 g/mol. The van der Waals surface area contributed by atoms with E-state index in [1.807, 2.05) is 24.3 Å². The molecule has 2 N–H and O–H groups in total. The largest absolute Gasteiger partial charge is 0.491 e. The molecule has 0 aliphatic heterocycles. The maximum Gasteiger partial charge on any atom is 0.120 e. The van der Waals surface area contributed by atoms with Crippen molar-refractivity contribution in [1.82, 2.24) is 0 Å². The maximum atomic E-state index is 5.65. The second kappa shape index (κ2) is 8.63. The number of rotatable bonds is 7. The summed E-state index contributed by atoms with van der Waals surface area (Å²) in [6.07, 6.45) is 5.37. The van der Waals surface area contributed by atoms with Crippen LogP contribution in [0, 0.1) is 17.8 Å². The Morgan fingerprint density at radius 2 is 2.10 bits per heavy atom. The summed E-state index contributed by atoms with van der Waals surface area (Å²) in [5.74, 6) is 7.57. The molecule has 0 spiro atoms. The zero-order chi connectivity index (χ0) is 14.0. The molecule has 0 atom stereocenters. The predicted molar refractivity (Wildman–Crippen MR) is 80.6 cm³/mol. The zero-order valence-electron chi connectivity index (χ0n) is 11.9. The first-order chi connectivity index (χ1) is 9.88. The Labute approximate surface area is 121 Å². The van der Waals surface area contributed by atoms with Gasteiger partial charge in [0.2, 0.25) is 0 Å². The molecule has 3 nitrogen and oxygen atoms in total. The molecule has 20 heavy (non-hydrogen) atoms. The van der Waals surface area contributed by atoms with E-state index in [0.29, 0.717) is 19.8 Å². The van der Waals surface area contributed by atoms with Crippen LogP contribution in [0.3, 0.4) is 0 Å². The summed E-state index contributed by atoms with van der Waals surface area (Å²) in [5.41, 5.74) is 6.28. The van der Waals surface area contributed by atoms with Crippen molar-refractivity contribution in [3.05, 3.63) is 29.8 Å². The summed E-state index contributed by atoms with van der Waals surface area (Å²) in [6, 6.07) is 7.75. The van der Waals surface area contributed by atoms with Gasteiger partial charge in [-0.1, -0.05) is 37.2 Å². The molecule has 1 saturated carbocycles. The highest BCUT2D eigenvalue weighted by Gasteiger charge is 2.16. The molecule has 0 radical (unpaired) electrons. The van der Waals surface area contributed by atoms with Crippen LogP contribution in [0.2, 0.25) is 0 Å². The SMILES string of the molecule is NCC#Cc1cccc(OCCOCCC2CCC2)c1. The minimum absolute atomic E-state index is 0.375. The second-order valence-corrected chi connectivity index (χ2v) is 5.08. The van der Waals surface area contributed by atoms with Crippen LogP contribution < -0.4 is 10.5 Å². The molecule has 0 saturated heterocycles. The first kappa shape index (κ1) is 14.9. The van der Waals surface area contributed by atoms with E-state index < -0.39 is 0 Å². The van der Waals surface area contributed by atoms with Crippen LogP contribution in [-0.2, 0) is 4.74 Å². The second-order valence-electron chi connectivity index (χ2n) is 5.08. The Morgan fingerprint density at radius 3 is 2.85 bits per heavy atom. The lowest BCUT2D eigenvalue weighted by Gasteiger charge is -2.24. The molecule has 0 bridgehead atoms. The third-order valence-corrected chi connectivity index (χ3v) is 3.56. The molecule has 1 fully saturated rings. The van der Waals surface area contributed by atoms with Crippen LogP contribution in [0.4, 0.5) is 0 Å². The highest BCUT2D eigenvalue weighted by Crippen LogP contribution is 2.29. The molecule has 1 aliphatic rings. The minimum atomic E-state index is 0.375. The standard InChI is InChI=1S/C17H23NO2/c18-10-3-7-16-6-2-8-17(14-16)20-13-12-19-11-9-15-4-1-5-15/h2,6,8,14-15H,1,4-5,9-13,18H2. The van der Waals surface area contributed by atoms with Gasteiger partial charge in [-0.2, -0.15) is 0 Å². The van der Waals surface area contributed by atoms with E-state index in [9.17, 15) is 0 Å². The Balaban J connectivity index is 1.60. The number of hydrogen-bond acceptors (Lipinski definition) is 3. The number of hydrogen-bond donors (Lipinski definition) is 1. The fourth-order valence-corrected chi connectivity index (χ4v) is 2.17. The molecule has 0 amide bonds. The normalized spacial score (nSPS) is 14.2. The van der Waals surface area contributed by atoms with Crippen molar-refractivity contribution < 1.29 is 9.47 Å². The highest BCUT2D eigenvalue weighted by atomic mass is 16.5. The van der Waals surface area contributed by atoms with Crippen molar-refractivity contribution in [2.75, 3.05) is 26.4 Å². The average Bonchev–Trinajstić information content (AvgIpc) is 2.42. The van der Waals surface area contributed by atoms with E-state index in [-0.39, 0.29) is 0 Å². The van der Waals surface area contributed by atoms with E-state index in [4.69, 9.17) is 15.2 Å². The molecule has 0 unspecified atom stereocenters. The van der Waals surface area contributed by atoms with Gasteiger partial charge >= 0.3 is 0 Å². The van der Waals surface area contributed by atoms with Gasteiger partial charge in [-0.15, -0.1) is 0 Å². The quantitative estimate of drug-likeness (QED) is 0.613. The Kier molecular flexibility index (Phi) is 6.43. The summed E-state index contributed by atoms with van der Waals surface area (Å²) < 4.78 is 11.2. The molecular formula is C17H23NO2. The van der Waals surface area contributed by atoms with Gasteiger partial charge < -0.3 is 15.2 Å². The summed E-state index contributed by atoms with van der Waals surface area (Å²) in [4.78, 5) is 0. The lowest BCUT2D eigenvalue weighted by molar-refractivity contribution is 0.0812. The monoisotopic (exact) mass is 273 g/mol. The topological polar surface area (TPSA) is 44.5 Å². The van der Waals surface area contributed by atoms with Crippen molar-refractivity contribution in [3.8, 4) is 17.6 Å². The molecule has 3 heteroatoms. The van der Waals surface area contributed by atoms with Crippen LogP contribution >= 0.6 is 0 Å². The van der Waals surface area contributed by atoms with Crippen LogP contribution in [0.5, 0.6) is 5.75 Å². The van der Waals surface area contributed by atoms with Crippen molar-refractivity contribution in [1.29, 1.82) is 0 Å². The number of nitrogens with two attached hydrogens (primary N) is 1. The van der Waals surface area contributed by atoms with Gasteiger partial charge in [-0.3, -0.25) is 0 Å². The molecule has 1 aromatic rings.